The zero-order valence-electron chi connectivity index (χ0n) is 11.2. The summed E-state index contributed by atoms with van der Waals surface area (Å²) in [5, 5.41) is 10.4. The van der Waals surface area contributed by atoms with Crippen LogP contribution >= 0.6 is 0 Å². The average Bonchev–Trinajstić information content (AvgIpc) is 2.65. The third kappa shape index (κ3) is 2.39. The molecule has 2 atom stereocenters. The summed E-state index contributed by atoms with van der Waals surface area (Å²) >= 11 is 0. The molecule has 0 aromatic heterocycles. The second-order valence-corrected chi connectivity index (χ2v) is 5.66. The summed E-state index contributed by atoms with van der Waals surface area (Å²) in [6.45, 7) is 0.748. The van der Waals surface area contributed by atoms with Crippen LogP contribution in [0.3, 0.4) is 0 Å². The molecule has 1 N–H and O–H groups in total. The number of ketones is 1. The van der Waals surface area contributed by atoms with Gasteiger partial charge in [0.2, 0.25) is 0 Å². The highest BCUT2D eigenvalue weighted by Gasteiger charge is 2.32. The summed E-state index contributed by atoms with van der Waals surface area (Å²) in [6, 6.07) is 8.01. The number of aliphatic hydroxyl groups excluding tert-OH is 1. The Morgan fingerprint density at radius 2 is 1.89 bits per heavy atom. The van der Waals surface area contributed by atoms with Crippen molar-refractivity contribution in [3.63, 3.8) is 0 Å². The van der Waals surface area contributed by atoms with E-state index in [0.29, 0.717) is 6.42 Å². The molecule has 0 radical (unpaired) electrons. The number of carbonyl (C=O) groups excluding carboxylic acids is 1. The number of anilines is 1. The molecule has 3 heteroatoms. The van der Waals surface area contributed by atoms with Crippen molar-refractivity contribution in [2.24, 2.45) is 0 Å². The van der Waals surface area contributed by atoms with Crippen molar-refractivity contribution in [2.75, 3.05) is 11.4 Å². The molecule has 0 saturated heterocycles. The van der Waals surface area contributed by atoms with E-state index in [0.717, 1.165) is 37.1 Å². The summed E-state index contributed by atoms with van der Waals surface area (Å²) in [4.78, 5) is 14.2. The van der Waals surface area contributed by atoms with E-state index < -0.39 is 0 Å². The molecule has 1 heterocycles. The Kier molecular flexibility index (Phi) is 3.56. The first-order valence-electron chi connectivity index (χ1n) is 7.34. The maximum absolute atomic E-state index is 12.0. The summed E-state index contributed by atoms with van der Waals surface area (Å²) in [6.07, 6.45) is 5.73. The summed E-state index contributed by atoms with van der Waals surface area (Å²) in [7, 11) is 0. The first-order chi connectivity index (χ1) is 9.27. The molecular weight excluding hydrogens is 238 g/mol. The molecule has 19 heavy (non-hydrogen) atoms. The monoisotopic (exact) mass is 259 g/mol. The van der Waals surface area contributed by atoms with Gasteiger partial charge >= 0.3 is 0 Å². The number of hydrogen-bond acceptors (Lipinski definition) is 3. The van der Waals surface area contributed by atoms with Crippen LogP contribution in [0, 0.1) is 0 Å². The Balaban J connectivity index is 1.93. The van der Waals surface area contributed by atoms with E-state index in [1.54, 1.807) is 0 Å². The van der Waals surface area contributed by atoms with Crippen LogP contribution in [0.5, 0.6) is 0 Å². The number of nitrogens with zero attached hydrogens (tertiary/aromatic N) is 1. The topological polar surface area (TPSA) is 40.5 Å². The fraction of sp³-hybridized carbons (Fsp3) is 0.562. The first kappa shape index (κ1) is 12.7. The normalized spacial score (nSPS) is 27.8. The standard InChI is InChI=1S/C16H21NO2/c18-15-10-11-17(13-7-5-4-6-12(13)15)14-8-2-1-3-9-16(14)19/h4-7,14,16,19H,1-3,8-11H2. The van der Waals surface area contributed by atoms with Gasteiger partial charge in [0.15, 0.2) is 5.78 Å². The van der Waals surface area contributed by atoms with Gasteiger partial charge in [-0.3, -0.25) is 4.79 Å². The maximum Gasteiger partial charge on any atom is 0.166 e. The Bertz CT molecular complexity index is 472. The molecule has 1 aliphatic heterocycles. The number of fused-ring (bicyclic) bond motifs is 1. The van der Waals surface area contributed by atoms with Gasteiger partial charge in [0.05, 0.1) is 12.1 Å². The highest BCUT2D eigenvalue weighted by atomic mass is 16.3. The minimum atomic E-state index is -0.260. The predicted molar refractivity (Wildman–Crippen MR) is 75.6 cm³/mol. The van der Waals surface area contributed by atoms with Gasteiger partial charge in [-0.25, -0.2) is 0 Å². The van der Waals surface area contributed by atoms with Crippen LogP contribution in [0.4, 0.5) is 5.69 Å². The molecule has 1 aromatic rings. The fourth-order valence-electron chi connectivity index (χ4n) is 3.41. The minimum Gasteiger partial charge on any atom is -0.391 e. The molecule has 2 unspecified atom stereocenters. The van der Waals surface area contributed by atoms with Crippen LogP contribution < -0.4 is 4.90 Å². The van der Waals surface area contributed by atoms with E-state index in [9.17, 15) is 9.90 Å². The lowest BCUT2D eigenvalue weighted by atomic mass is 9.95. The van der Waals surface area contributed by atoms with E-state index in [1.807, 2.05) is 24.3 Å². The number of carbonyl (C=O) groups is 1. The zero-order chi connectivity index (χ0) is 13.2. The SMILES string of the molecule is O=C1CCN(C2CCCCCC2O)c2ccccc21. The molecule has 1 fully saturated rings. The molecule has 3 nitrogen and oxygen atoms in total. The fourth-order valence-corrected chi connectivity index (χ4v) is 3.41. The third-order valence-corrected chi connectivity index (χ3v) is 4.44. The largest absolute Gasteiger partial charge is 0.391 e. The predicted octanol–water partition coefficient (Wildman–Crippen LogP) is 2.77. The van der Waals surface area contributed by atoms with Crippen LogP contribution in [-0.2, 0) is 0 Å². The van der Waals surface area contributed by atoms with Crippen molar-refractivity contribution >= 4 is 11.5 Å². The zero-order valence-corrected chi connectivity index (χ0v) is 11.2. The van der Waals surface area contributed by atoms with E-state index in [4.69, 9.17) is 0 Å². The molecule has 1 aliphatic carbocycles. The van der Waals surface area contributed by atoms with Gasteiger partial charge in [0.25, 0.3) is 0 Å². The van der Waals surface area contributed by atoms with Gasteiger partial charge in [0, 0.05) is 24.2 Å². The van der Waals surface area contributed by atoms with Gasteiger partial charge in [-0.1, -0.05) is 31.4 Å². The molecular formula is C16H21NO2. The Hall–Kier alpha value is -1.35. The Labute approximate surface area is 114 Å². The van der Waals surface area contributed by atoms with Crippen LogP contribution in [0.1, 0.15) is 48.9 Å². The van der Waals surface area contributed by atoms with Crippen molar-refractivity contribution < 1.29 is 9.90 Å². The molecule has 1 saturated carbocycles. The second-order valence-electron chi connectivity index (χ2n) is 5.66. The van der Waals surface area contributed by atoms with E-state index in [2.05, 4.69) is 4.90 Å². The molecule has 0 amide bonds. The van der Waals surface area contributed by atoms with Crippen LogP contribution in [0.15, 0.2) is 24.3 Å². The van der Waals surface area contributed by atoms with Crippen LogP contribution in [0.2, 0.25) is 0 Å². The second kappa shape index (κ2) is 5.33. The van der Waals surface area contributed by atoms with Gasteiger partial charge in [0.1, 0.15) is 0 Å². The van der Waals surface area contributed by atoms with Gasteiger partial charge in [-0.2, -0.15) is 0 Å². The third-order valence-electron chi connectivity index (χ3n) is 4.44. The average molecular weight is 259 g/mol. The minimum absolute atomic E-state index is 0.178. The van der Waals surface area contributed by atoms with Gasteiger partial charge in [-0.05, 0) is 25.0 Å². The molecule has 1 aromatic carbocycles. The van der Waals surface area contributed by atoms with Crippen LogP contribution in [-0.4, -0.2) is 29.6 Å². The lowest BCUT2D eigenvalue weighted by molar-refractivity contribution is 0.0965. The Morgan fingerprint density at radius 3 is 2.79 bits per heavy atom. The number of hydrogen-bond donors (Lipinski definition) is 1. The van der Waals surface area contributed by atoms with Gasteiger partial charge in [-0.15, -0.1) is 0 Å². The van der Waals surface area contributed by atoms with E-state index in [1.165, 1.54) is 12.8 Å². The molecule has 102 valence electrons. The van der Waals surface area contributed by atoms with E-state index >= 15 is 0 Å². The number of rotatable bonds is 1. The molecule has 2 aliphatic rings. The van der Waals surface area contributed by atoms with Crippen molar-refractivity contribution in [3.8, 4) is 0 Å². The van der Waals surface area contributed by atoms with Crippen molar-refractivity contribution in [3.05, 3.63) is 29.8 Å². The number of aliphatic hydroxyl groups is 1. The summed E-state index contributed by atoms with van der Waals surface area (Å²) in [5.41, 5.74) is 1.84. The number of Topliss-reactive ketones (excluding diaryl/α,β-unsaturated/α-hetero) is 1. The molecule has 3 rings (SSSR count). The lowest BCUT2D eigenvalue weighted by Crippen LogP contribution is -2.46. The highest BCUT2D eigenvalue weighted by molar-refractivity contribution is 6.03. The maximum atomic E-state index is 12.0. The lowest BCUT2D eigenvalue weighted by Gasteiger charge is -2.39. The molecule has 0 spiro atoms. The summed E-state index contributed by atoms with van der Waals surface area (Å²) in [5.74, 6) is 0.231. The Morgan fingerprint density at radius 1 is 1.11 bits per heavy atom. The van der Waals surface area contributed by atoms with Crippen molar-refractivity contribution in [1.82, 2.24) is 0 Å². The smallest absolute Gasteiger partial charge is 0.166 e. The van der Waals surface area contributed by atoms with Crippen molar-refractivity contribution in [1.29, 1.82) is 0 Å². The quantitative estimate of drug-likeness (QED) is 0.788. The van der Waals surface area contributed by atoms with Gasteiger partial charge < -0.3 is 10.0 Å². The molecule has 0 bridgehead atoms. The highest BCUT2D eigenvalue weighted by Crippen LogP contribution is 2.32. The van der Waals surface area contributed by atoms with Crippen molar-refractivity contribution in [2.45, 2.75) is 50.7 Å². The summed E-state index contributed by atoms with van der Waals surface area (Å²) < 4.78 is 0. The number of para-hydroxylation sites is 1. The van der Waals surface area contributed by atoms with E-state index in [-0.39, 0.29) is 17.9 Å². The van der Waals surface area contributed by atoms with Crippen LogP contribution in [0.25, 0.3) is 0 Å². The number of benzene rings is 1. The first-order valence-corrected chi connectivity index (χ1v) is 7.34.